The molecule has 3 N–H and O–H groups in total. The highest BCUT2D eigenvalue weighted by molar-refractivity contribution is 5.68. The van der Waals surface area contributed by atoms with E-state index in [2.05, 4.69) is 4.74 Å². The molecule has 0 bridgehead atoms. The Morgan fingerprint density at radius 1 is 1.47 bits per heavy atom. The van der Waals surface area contributed by atoms with Gasteiger partial charge in [-0.15, -0.1) is 0 Å². The van der Waals surface area contributed by atoms with Gasteiger partial charge in [0.1, 0.15) is 0 Å². The van der Waals surface area contributed by atoms with Gasteiger partial charge in [-0.2, -0.15) is 0 Å². The van der Waals surface area contributed by atoms with Crippen molar-refractivity contribution in [2.45, 2.75) is 12.5 Å². The van der Waals surface area contributed by atoms with E-state index in [4.69, 9.17) is 10.8 Å². The Hall–Kier alpha value is -1.76. The average Bonchev–Trinajstić information content (AvgIpc) is 2.21. The van der Waals surface area contributed by atoms with E-state index in [1.807, 2.05) is 0 Å². The van der Waals surface area contributed by atoms with Crippen LogP contribution in [0.5, 0.6) is 5.75 Å². The van der Waals surface area contributed by atoms with Gasteiger partial charge in [-0.1, -0.05) is 0 Å². The van der Waals surface area contributed by atoms with Gasteiger partial charge in [0.25, 0.3) is 0 Å². The maximum atomic E-state index is 13.4. The van der Waals surface area contributed by atoms with Gasteiger partial charge in [-0.25, -0.2) is 13.2 Å². The molecule has 1 aromatic carbocycles. The summed E-state index contributed by atoms with van der Waals surface area (Å²) in [5, 5.41) is 8.51. The van der Waals surface area contributed by atoms with Crippen molar-refractivity contribution in [3.63, 3.8) is 0 Å². The third kappa shape index (κ3) is 2.68. The van der Waals surface area contributed by atoms with Gasteiger partial charge in [-0.05, 0) is 0 Å². The largest absolute Gasteiger partial charge is 0.493 e. The second kappa shape index (κ2) is 5.05. The van der Waals surface area contributed by atoms with Gasteiger partial charge in [-0.3, -0.25) is 4.79 Å². The minimum atomic E-state index is -1.45. The molecule has 0 spiro atoms. The fraction of sp³-hybridized carbons (Fsp3) is 0.300. The highest BCUT2D eigenvalue weighted by atomic mass is 19.2. The number of aliphatic carboxylic acids is 1. The van der Waals surface area contributed by atoms with Gasteiger partial charge in [0.15, 0.2) is 23.2 Å². The van der Waals surface area contributed by atoms with E-state index in [1.54, 1.807) is 0 Å². The van der Waals surface area contributed by atoms with E-state index in [0.29, 0.717) is 6.07 Å². The first-order valence-electron chi connectivity index (χ1n) is 4.57. The summed E-state index contributed by atoms with van der Waals surface area (Å²) in [6.45, 7) is 0. The number of carboxylic acid groups (broad SMARTS) is 1. The summed E-state index contributed by atoms with van der Waals surface area (Å²) < 4.78 is 44.2. The minimum Gasteiger partial charge on any atom is -0.493 e. The molecule has 0 fully saturated rings. The molecule has 1 atom stereocenters. The Morgan fingerprint density at radius 3 is 2.53 bits per heavy atom. The fourth-order valence-electron chi connectivity index (χ4n) is 1.43. The van der Waals surface area contributed by atoms with Crippen LogP contribution in [0.25, 0.3) is 0 Å². The molecule has 1 aromatic rings. The van der Waals surface area contributed by atoms with Crippen LogP contribution in [0.3, 0.4) is 0 Å². The number of nitrogens with two attached hydrogens (primary N) is 1. The molecule has 94 valence electrons. The van der Waals surface area contributed by atoms with Gasteiger partial charge < -0.3 is 15.6 Å². The maximum Gasteiger partial charge on any atom is 0.305 e. The molecular weight excluding hydrogens is 239 g/mol. The van der Waals surface area contributed by atoms with Crippen LogP contribution in [0.2, 0.25) is 0 Å². The van der Waals surface area contributed by atoms with Crippen LogP contribution in [0.4, 0.5) is 13.2 Å². The molecule has 0 aliphatic heterocycles. The van der Waals surface area contributed by atoms with Crippen LogP contribution < -0.4 is 10.5 Å². The lowest BCUT2D eigenvalue weighted by atomic mass is 10.0. The topological polar surface area (TPSA) is 72.5 Å². The zero-order valence-electron chi connectivity index (χ0n) is 8.84. The number of carboxylic acids is 1. The van der Waals surface area contributed by atoms with Gasteiger partial charge >= 0.3 is 5.97 Å². The normalized spacial score (nSPS) is 12.3. The van der Waals surface area contributed by atoms with Crippen molar-refractivity contribution < 1.29 is 27.8 Å². The Labute approximate surface area is 94.8 Å². The molecule has 0 saturated heterocycles. The van der Waals surface area contributed by atoms with E-state index in [-0.39, 0.29) is 0 Å². The zero-order valence-corrected chi connectivity index (χ0v) is 8.84. The van der Waals surface area contributed by atoms with Crippen molar-refractivity contribution in [3.05, 3.63) is 29.1 Å². The van der Waals surface area contributed by atoms with Crippen molar-refractivity contribution in [1.29, 1.82) is 0 Å². The molecule has 1 unspecified atom stereocenters. The molecule has 0 aliphatic carbocycles. The third-order valence-electron chi connectivity index (χ3n) is 2.13. The van der Waals surface area contributed by atoms with Crippen LogP contribution in [0.1, 0.15) is 18.0 Å². The van der Waals surface area contributed by atoms with Gasteiger partial charge in [0.05, 0.1) is 19.1 Å². The van der Waals surface area contributed by atoms with E-state index in [9.17, 15) is 18.0 Å². The second-order valence-corrected chi connectivity index (χ2v) is 3.31. The number of carbonyl (C=O) groups is 1. The lowest BCUT2D eigenvalue weighted by Gasteiger charge is -2.15. The molecule has 0 aliphatic rings. The first-order chi connectivity index (χ1) is 7.88. The summed E-state index contributed by atoms with van der Waals surface area (Å²) in [6, 6.07) is -1.09. The summed E-state index contributed by atoms with van der Waals surface area (Å²) in [5.41, 5.74) is 4.76. The molecule has 0 saturated carbocycles. The number of ether oxygens (including phenoxy) is 1. The van der Waals surface area contributed by atoms with Crippen LogP contribution >= 0.6 is 0 Å². The van der Waals surface area contributed by atoms with Crippen molar-refractivity contribution in [2.75, 3.05) is 7.11 Å². The molecule has 4 nitrogen and oxygen atoms in total. The van der Waals surface area contributed by atoms with E-state index in [1.165, 1.54) is 0 Å². The fourth-order valence-corrected chi connectivity index (χ4v) is 1.43. The SMILES string of the molecule is COc1c(F)cc(F)c(F)c1C(N)CC(=O)O. The molecule has 0 heterocycles. The molecular formula is C10H10F3NO3. The second-order valence-electron chi connectivity index (χ2n) is 3.31. The Morgan fingerprint density at radius 2 is 2.06 bits per heavy atom. The lowest BCUT2D eigenvalue weighted by molar-refractivity contribution is -0.137. The van der Waals surface area contributed by atoms with Crippen molar-refractivity contribution in [2.24, 2.45) is 5.73 Å². The summed E-state index contributed by atoms with van der Waals surface area (Å²) in [6.07, 6.45) is -0.670. The van der Waals surface area contributed by atoms with Gasteiger partial charge in [0, 0.05) is 12.1 Å². The number of hydrogen-bond donors (Lipinski definition) is 2. The average molecular weight is 249 g/mol. The van der Waals surface area contributed by atoms with Crippen LogP contribution in [0, 0.1) is 17.5 Å². The summed E-state index contributed by atoms with van der Waals surface area (Å²) in [4.78, 5) is 10.4. The van der Waals surface area contributed by atoms with Crippen molar-refractivity contribution in [1.82, 2.24) is 0 Å². The molecule has 0 amide bonds. The van der Waals surface area contributed by atoms with Crippen LogP contribution in [-0.4, -0.2) is 18.2 Å². The summed E-state index contributed by atoms with van der Waals surface area (Å²) >= 11 is 0. The maximum absolute atomic E-state index is 13.4. The predicted molar refractivity (Wildman–Crippen MR) is 52.0 cm³/mol. The molecule has 17 heavy (non-hydrogen) atoms. The summed E-state index contributed by atoms with van der Waals surface area (Å²) in [7, 11) is 1.05. The Balaban J connectivity index is 3.33. The first kappa shape index (κ1) is 13.3. The quantitative estimate of drug-likeness (QED) is 0.795. The number of methoxy groups -OCH3 is 1. The number of benzene rings is 1. The van der Waals surface area contributed by atoms with Crippen LogP contribution in [0.15, 0.2) is 6.07 Å². The van der Waals surface area contributed by atoms with E-state index < -0.39 is 47.2 Å². The smallest absolute Gasteiger partial charge is 0.305 e. The Bertz CT molecular complexity index is 451. The highest BCUT2D eigenvalue weighted by Crippen LogP contribution is 2.32. The van der Waals surface area contributed by atoms with Crippen molar-refractivity contribution in [3.8, 4) is 5.75 Å². The first-order valence-corrected chi connectivity index (χ1v) is 4.57. The molecule has 0 radical (unpaired) electrons. The third-order valence-corrected chi connectivity index (χ3v) is 2.13. The molecule has 7 heteroatoms. The monoisotopic (exact) mass is 249 g/mol. The number of halogens is 3. The standard InChI is InChI=1S/C10H10F3NO3/c1-17-10-5(12)2-4(11)9(13)8(10)6(14)3-7(15)16/h2,6H,3,14H2,1H3,(H,15,16). The van der Waals surface area contributed by atoms with Gasteiger partial charge in [0.2, 0.25) is 0 Å². The highest BCUT2D eigenvalue weighted by Gasteiger charge is 2.25. The van der Waals surface area contributed by atoms with E-state index in [0.717, 1.165) is 7.11 Å². The molecule has 1 rings (SSSR count). The molecule has 0 aromatic heterocycles. The van der Waals surface area contributed by atoms with Crippen LogP contribution in [-0.2, 0) is 4.79 Å². The number of hydrogen-bond acceptors (Lipinski definition) is 3. The zero-order chi connectivity index (χ0) is 13.2. The van der Waals surface area contributed by atoms with Crippen molar-refractivity contribution >= 4 is 5.97 Å². The lowest BCUT2D eigenvalue weighted by Crippen LogP contribution is -2.18. The number of rotatable bonds is 4. The predicted octanol–water partition coefficient (Wildman–Crippen LogP) is 1.59. The Kier molecular flexibility index (Phi) is 3.95. The van der Waals surface area contributed by atoms with E-state index >= 15 is 0 Å². The minimum absolute atomic E-state index is 0.311. The summed E-state index contributed by atoms with van der Waals surface area (Å²) in [5.74, 6) is -5.89.